The van der Waals surface area contributed by atoms with Crippen molar-refractivity contribution in [2.24, 2.45) is 0 Å². The Balaban J connectivity index is 1.23. The number of hydrogen-bond acceptors (Lipinski definition) is 3. The van der Waals surface area contributed by atoms with Gasteiger partial charge in [-0.15, -0.1) is 0 Å². The lowest BCUT2D eigenvalue weighted by atomic mass is 9.93. The van der Waals surface area contributed by atoms with Gasteiger partial charge < -0.3 is 9.32 Å². The molecule has 0 saturated heterocycles. The van der Waals surface area contributed by atoms with E-state index in [1.807, 2.05) is 18.3 Å². The van der Waals surface area contributed by atoms with Crippen LogP contribution < -0.4 is 4.90 Å². The van der Waals surface area contributed by atoms with Gasteiger partial charge in [0.15, 0.2) is 11.2 Å². The summed E-state index contributed by atoms with van der Waals surface area (Å²) in [6, 6.07) is 62.7. The largest absolute Gasteiger partial charge is 0.452 e. The second kappa shape index (κ2) is 11.5. The van der Waals surface area contributed by atoms with Crippen LogP contribution in [0.1, 0.15) is 0 Å². The molecule has 0 radical (unpaired) electrons. The number of anilines is 3. The third-order valence-electron chi connectivity index (χ3n) is 9.85. The Morgan fingerprint density at radius 1 is 0.420 bits per heavy atom. The zero-order valence-electron chi connectivity index (χ0n) is 27.1. The van der Waals surface area contributed by atoms with Crippen LogP contribution in [0.15, 0.2) is 187 Å². The normalized spacial score (nSPS) is 11.6. The van der Waals surface area contributed by atoms with Crippen molar-refractivity contribution in [1.29, 1.82) is 0 Å². The molecular weight excluding hydrogens is 609 g/mol. The summed E-state index contributed by atoms with van der Waals surface area (Å²) in [5.41, 5.74) is 10.2. The summed E-state index contributed by atoms with van der Waals surface area (Å²) in [7, 11) is 0. The summed E-state index contributed by atoms with van der Waals surface area (Å²) in [6.45, 7) is 0. The van der Waals surface area contributed by atoms with Crippen LogP contribution in [-0.4, -0.2) is 4.98 Å². The third kappa shape index (κ3) is 4.56. The molecule has 0 aliphatic rings. The highest BCUT2D eigenvalue weighted by Gasteiger charge is 2.23. The van der Waals surface area contributed by atoms with Crippen molar-refractivity contribution in [2.75, 3.05) is 4.90 Å². The van der Waals surface area contributed by atoms with Crippen LogP contribution in [0.25, 0.3) is 76.6 Å². The number of furan rings is 1. The van der Waals surface area contributed by atoms with E-state index in [9.17, 15) is 0 Å². The molecule has 0 saturated carbocycles. The molecule has 0 spiro atoms. The molecule has 0 N–H and O–H groups in total. The number of benzene rings is 8. The minimum Gasteiger partial charge on any atom is -0.452 e. The molecule has 0 amide bonds. The standard InChI is InChI=1S/C47H30N2O/c1-2-12-31(13-3-1)33-16-10-17-37(28-33)49(46-39-19-7-5-15-35(39)30-43-45-44(50-47(43)46)22-11-27-48-45)36-25-23-32(24-26-36)42-29-34-14-4-6-18-38(34)40-20-8-9-21-41(40)42/h1-30H. The SMILES string of the molecule is c1ccc(-c2cccc(N(c3ccc(-c4cc5ccccc5c5ccccc45)cc3)c3c4ccccc4cc4c3oc3cccnc34)c2)cc1. The van der Waals surface area contributed by atoms with E-state index in [2.05, 4.69) is 169 Å². The quantitative estimate of drug-likeness (QED) is 0.176. The van der Waals surface area contributed by atoms with Crippen molar-refractivity contribution >= 4 is 71.4 Å². The Kier molecular flexibility index (Phi) is 6.49. The second-order valence-electron chi connectivity index (χ2n) is 12.8. The van der Waals surface area contributed by atoms with Gasteiger partial charge in [-0.1, -0.05) is 127 Å². The fraction of sp³-hybridized carbons (Fsp3) is 0. The molecule has 3 nitrogen and oxygen atoms in total. The lowest BCUT2D eigenvalue weighted by Crippen LogP contribution is -2.11. The van der Waals surface area contributed by atoms with Crippen LogP contribution in [0.4, 0.5) is 17.1 Å². The van der Waals surface area contributed by atoms with E-state index in [-0.39, 0.29) is 0 Å². The Labute approximate surface area is 289 Å². The zero-order chi connectivity index (χ0) is 33.0. The van der Waals surface area contributed by atoms with Gasteiger partial charge in [-0.05, 0) is 97.7 Å². The van der Waals surface area contributed by atoms with Gasteiger partial charge in [-0.2, -0.15) is 0 Å². The summed E-state index contributed by atoms with van der Waals surface area (Å²) in [5.74, 6) is 0. The highest BCUT2D eigenvalue weighted by atomic mass is 16.3. The molecule has 10 aromatic rings. The lowest BCUT2D eigenvalue weighted by Gasteiger charge is -2.27. The van der Waals surface area contributed by atoms with E-state index in [0.717, 1.165) is 55.5 Å². The average molecular weight is 639 g/mol. The summed E-state index contributed by atoms with van der Waals surface area (Å²) in [5, 5.41) is 8.26. The smallest absolute Gasteiger partial charge is 0.161 e. The lowest BCUT2D eigenvalue weighted by molar-refractivity contribution is 0.669. The Bertz CT molecular complexity index is 2870. The highest BCUT2D eigenvalue weighted by Crippen LogP contribution is 2.47. The number of fused-ring (bicyclic) bond motifs is 7. The molecule has 3 heteroatoms. The molecule has 50 heavy (non-hydrogen) atoms. The van der Waals surface area contributed by atoms with E-state index in [0.29, 0.717) is 0 Å². The molecule has 0 aliphatic carbocycles. The fourth-order valence-corrected chi connectivity index (χ4v) is 7.54. The Morgan fingerprint density at radius 3 is 1.92 bits per heavy atom. The van der Waals surface area contributed by atoms with Gasteiger partial charge in [0.1, 0.15) is 5.52 Å². The van der Waals surface area contributed by atoms with Crippen molar-refractivity contribution in [1.82, 2.24) is 4.98 Å². The minimum atomic E-state index is 0.774. The van der Waals surface area contributed by atoms with Gasteiger partial charge in [0.05, 0.1) is 5.69 Å². The Hall–Kier alpha value is -6.71. The van der Waals surface area contributed by atoms with Gasteiger partial charge in [0, 0.05) is 28.3 Å². The molecule has 234 valence electrons. The van der Waals surface area contributed by atoms with Gasteiger partial charge in [-0.3, -0.25) is 4.98 Å². The zero-order valence-corrected chi connectivity index (χ0v) is 27.1. The van der Waals surface area contributed by atoms with Crippen LogP contribution in [0.5, 0.6) is 0 Å². The van der Waals surface area contributed by atoms with Gasteiger partial charge in [0.2, 0.25) is 0 Å². The first-order valence-corrected chi connectivity index (χ1v) is 17.0. The molecule has 0 aliphatic heterocycles. The van der Waals surface area contributed by atoms with E-state index in [1.54, 1.807) is 0 Å². The fourth-order valence-electron chi connectivity index (χ4n) is 7.54. The van der Waals surface area contributed by atoms with Crippen LogP contribution in [0.2, 0.25) is 0 Å². The monoisotopic (exact) mass is 638 g/mol. The van der Waals surface area contributed by atoms with E-state index in [1.165, 1.54) is 38.2 Å². The molecule has 0 fully saturated rings. The van der Waals surface area contributed by atoms with Crippen molar-refractivity contribution in [3.8, 4) is 22.3 Å². The third-order valence-corrected chi connectivity index (χ3v) is 9.85. The average Bonchev–Trinajstić information content (AvgIpc) is 3.56. The van der Waals surface area contributed by atoms with E-state index in [4.69, 9.17) is 9.40 Å². The molecule has 2 aromatic heterocycles. The Morgan fingerprint density at radius 2 is 1.10 bits per heavy atom. The first-order valence-electron chi connectivity index (χ1n) is 17.0. The molecule has 2 heterocycles. The topological polar surface area (TPSA) is 29.3 Å². The maximum absolute atomic E-state index is 6.71. The molecule has 0 bridgehead atoms. The molecule has 0 unspecified atom stereocenters. The van der Waals surface area contributed by atoms with Gasteiger partial charge >= 0.3 is 0 Å². The summed E-state index contributed by atoms with van der Waals surface area (Å²) in [4.78, 5) is 7.10. The van der Waals surface area contributed by atoms with E-state index < -0.39 is 0 Å². The maximum atomic E-state index is 6.71. The molecule has 10 rings (SSSR count). The predicted octanol–water partition coefficient (Wildman–Crippen LogP) is 13.2. The number of pyridine rings is 1. The van der Waals surface area contributed by atoms with Crippen molar-refractivity contribution in [3.05, 3.63) is 182 Å². The summed E-state index contributed by atoms with van der Waals surface area (Å²) in [6.07, 6.45) is 1.84. The molecule has 0 atom stereocenters. The molecular formula is C47H30N2O. The predicted molar refractivity (Wildman–Crippen MR) is 210 cm³/mol. The maximum Gasteiger partial charge on any atom is 0.161 e. The summed E-state index contributed by atoms with van der Waals surface area (Å²) < 4.78 is 6.71. The van der Waals surface area contributed by atoms with E-state index >= 15 is 0 Å². The van der Waals surface area contributed by atoms with Crippen molar-refractivity contribution in [2.45, 2.75) is 0 Å². The minimum absolute atomic E-state index is 0.774. The first kappa shape index (κ1) is 28.3. The number of rotatable bonds is 5. The van der Waals surface area contributed by atoms with Crippen LogP contribution in [0.3, 0.4) is 0 Å². The first-order chi connectivity index (χ1) is 24.8. The molecule has 8 aromatic carbocycles. The number of hydrogen-bond donors (Lipinski definition) is 0. The summed E-state index contributed by atoms with van der Waals surface area (Å²) >= 11 is 0. The van der Waals surface area contributed by atoms with Crippen LogP contribution in [0, 0.1) is 0 Å². The number of nitrogens with zero attached hydrogens (tertiary/aromatic N) is 2. The highest BCUT2D eigenvalue weighted by molar-refractivity contribution is 6.18. The number of aromatic nitrogens is 1. The van der Waals surface area contributed by atoms with Gasteiger partial charge in [0.25, 0.3) is 0 Å². The van der Waals surface area contributed by atoms with Crippen LogP contribution in [-0.2, 0) is 0 Å². The second-order valence-corrected chi connectivity index (χ2v) is 12.8. The van der Waals surface area contributed by atoms with Crippen LogP contribution >= 0.6 is 0 Å². The van der Waals surface area contributed by atoms with Gasteiger partial charge in [-0.25, -0.2) is 0 Å². The van der Waals surface area contributed by atoms with Crippen molar-refractivity contribution < 1.29 is 4.42 Å². The van der Waals surface area contributed by atoms with Crippen molar-refractivity contribution in [3.63, 3.8) is 0 Å².